The Hall–Kier alpha value is -0.900. The Morgan fingerprint density at radius 2 is 1.62 bits per heavy atom. The Balaban J connectivity index is 2.18. The largest absolute Gasteiger partial charge is 0.378 e. The molecular formula is C16H17BrCl2N2. The van der Waals surface area contributed by atoms with Gasteiger partial charge in [-0.1, -0.05) is 35.3 Å². The number of halogens is 3. The van der Waals surface area contributed by atoms with Crippen LogP contribution in [0.15, 0.2) is 40.9 Å². The first kappa shape index (κ1) is 16.5. The van der Waals surface area contributed by atoms with E-state index in [1.165, 1.54) is 11.3 Å². The molecule has 0 saturated carbocycles. The molecule has 0 spiro atoms. The molecule has 0 aromatic heterocycles. The maximum atomic E-state index is 6.27. The first-order chi connectivity index (χ1) is 9.90. The lowest BCUT2D eigenvalue weighted by Crippen LogP contribution is -2.10. The highest BCUT2D eigenvalue weighted by molar-refractivity contribution is 9.10. The normalized spacial score (nSPS) is 12.1. The Kier molecular flexibility index (Phi) is 5.42. The van der Waals surface area contributed by atoms with Crippen molar-refractivity contribution in [2.75, 3.05) is 24.3 Å². The zero-order chi connectivity index (χ0) is 15.6. The topological polar surface area (TPSA) is 15.3 Å². The van der Waals surface area contributed by atoms with Gasteiger partial charge in [0.25, 0.3) is 0 Å². The van der Waals surface area contributed by atoms with Crippen molar-refractivity contribution in [3.05, 3.63) is 56.5 Å². The first-order valence-electron chi connectivity index (χ1n) is 6.57. The van der Waals surface area contributed by atoms with Gasteiger partial charge in [-0.3, -0.25) is 0 Å². The minimum absolute atomic E-state index is 0.135. The molecule has 1 unspecified atom stereocenters. The van der Waals surface area contributed by atoms with E-state index in [9.17, 15) is 0 Å². The molecule has 5 heteroatoms. The van der Waals surface area contributed by atoms with Crippen LogP contribution in [-0.2, 0) is 0 Å². The second-order valence-electron chi connectivity index (χ2n) is 5.07. The Morgan fingerprint density at radius 1 is 1.00 bits per heavy atom. The van der Waals surface area contributed by atoms with Crippen LogP contribution in [0.5, 0.6) is 0 Å². The highest BCUT2D eigenvalue weighted by Gasteiger charge is 2.12. The molecule has 0 amide bonds. The fraction of sp³-hybridized carbons (Fsp3) is 0.250. The van der Waals surface area contributed by atoms with E-state index in [0.717, 1.165) is 10.2 Å². The number of hydrogen-bond donors (Lipinski definition) is 1. The molecule has 0 fully saturated rings. The molecule has 21 heavy (non-hydrogen) atoms. The number of rotatable bonds is 4. The average molecular weight is 388 g/mol. The summed E-state index contributed by atoms with van der Waals surface area (Å²) in [5, 5.41) is 4.45. The second kappa shape index (κ2) is 6.91. The minimum atomic E-state index is 0.135. The van der Waals surface area contributed by atoms with Crippen molar-refractivity contribution in [3.8, 4) is 0 Å². The molecule has 0 heterocycles. The monoisotopic (exact) mass is 386 g/mol. The summed E-state index contributed by atoms with van der Waals surface area (Å²) < 4.78 is 0.794. The van der Waals surface area contributed by atoms with Gasteiger partial charge in [0, 0.05) is 30.3 Å². The predicted octanol–water partition coefficient (Wildman–Crippen LogP) is 6.00. The van der Waals surface area contributed by atoms with Gasteiger partial charge in [-0.2, -0.15) is 0 Å². The molecule has 2 rings (SSSR count). The standard InChI is InChI=1S/C16H17BrCl2N2/c1-10(11-4-6-12(7-5-11)21(2)3)20-14-9-8-13(17)15(18)16(14)19/h4-10,20H,1-3H3. The fourth-order valence-electron chi connectivity index (χ4n) is 2.02. The summed E-state index contributed by atoms with van der Waals surface area (Å²) in [6.07, 6.45) is 0. The van der Waals surface area contributed by atoms with E-state index in [2.05, 4.69) is 57.3 Å². The van der Waals surface area contributed by atoms with Crippen molar-refractivity contribution in [1.29, 1.82) is 0 Å². The number of nitrogens with one attached hydrogen (secondary N) is 1. The third-order valence-electron chi connectivity index (χ3n) is 3.32. The summed E-state index contributed by atoms with van der Waals surface area (Å²) >= 11 is 15.8. The molecule has 1 N–H and O–H groups in total. The zero-order valence-electron chi connectivity index (χ0n) is 12.1. The average Bonchev–Trinajstić information content (AvgIpc) is 2.48. The molecule has 0 aliphatic rings. The molecule has 2 aromatic carbocycles. The maximum Gasteiger partial charge on any atom is 0.0835 e. The predicted molar refractivity (Wildman–Crippen MR) is 97.0 cm³/mol. The van der Waals surface area contributed by atoms with Crippen LogP contribution in [0.1, 0.15) is 18.5 Å². The molecule has 1 atom stereocenters. The fourth-order valence-corrected chi connectivity index (χ4v) is 2.84. The van der Waals surface area contributed by atoms with Gasteiger partial charge >= 0.3 is 0 Å². The quantitative estimate of drug-likeness (QED) is 0.647. The maximum absolute atomic E-state index is 6.27. The van der Waals surface area contributed by atoms with Crippen molar-refractivity contribution >= 4 is 50.5 Å². The summed E-state index contributed by atoms with van der Waals surface area (Å²) in [5.41, 5.74) is 3.19. The van der Waals surface area contributed by atoms with E-state index in [1.807, 2.05) is 26.2 Å². The Morgan fingerprint density at radius 3 is 2.19 bits per heavy atom. The molecule has 0 bridgehead atoms. The molecule has 0 aliphatic heterocycles. The van der Waals surface area contributed by atoms with Crippen molar-refractivity contribution < 1.29 is 0 Å². The van der Waals surface area contributed by atoms with Gasteiger partial charge in [0.2, 0.25) is 0 Å². The number of anilines is 2. The van der Waals surface area contributed by atoms with Crippen LogP contribution in [0.2, 0.25) is 10.0 Å². The van der Waals surface area contributed by atoms with E-state index in [1.54, 1.807) is 0 Å². The Labute approximate surface area is 144 Å². The van der Waals surface area contributed by atoms with Crippen LogP contribution < -0.4 is 10.2 Å². The summed E-state index contributed by atoms with van der Waals surface area (Å²) in [4.78, 5) is 2.08. The molecule has 112 valence electrons. The lowest BCUT2D eigenvalue weighted by atomic mass is 10.1. The van der Waals surface area contributed by atoms with Crippen molar-refractivity contribution in [1.82, 2.24) is 0 Å². The van der Waals surface area contributed by atoms with E-state index in [4.69, 9.17) is 23.2 Å². The lowest BCUT2D eigenvalue weighted by molar-refractivity contribution is 0.884. The van der Waals surface area contributed by atoms with Crippen molar-refractivity contribution in [2.45, 2.75) is 13.0 Å². The molecule has 2 aromatic rings. The van der Waals surface area contributed by atoms with Crippen molar-refractivity contribution in [3.63, 3.8) is 0 Å². The second-order valence-corrected chi connectivity index (χ2v) is 6.69. The van der Waals surface area contributed by atoms with E-state index < -0.39 is 0 Å². The summed E-state index contributed by atoms with van der Waals surface area (Å²) in [5.74, 6) is 0. The molecule has 0 saturated heterocycles. The summed E-state index contributed by atoms with van der Waals surface area (Å²) in [7, 11) is 4.06. The van der Waals surface area contributed by atoms with Crippen LogP contribution >= 0.6 is 39.1 Å². The first-order valence-corrected chi connectivity index (χ1v) is 8.12. The lowest BCUT2D eigenvalue weighted by Gasteiger charge is -2.19. The van der Waals surface area contributed by atoms with Crippen LogP contribution in [-0.4, -0.2) is 14.1 Å². The van der Waals surface area contributed by atoms with Gasteiger partial charge in [-0.25, -0.2) is 0 Å². The number of benzene rings is 2. The van der Waals surface area contributed by atoms with Crippen LogP contribution in [0.25, 0.3) is 0 Å². The van der Waals surface area contributed by atoms with Crippen LogP contribution in [0.4, 0.5) is 11.4 Å². The van der Waals surface area contributed by atoms with Crippen molar-refractivity contribution in [2.24, 2.45) is 0 Å². The third kappa shape index (κ3) is 3.85. The van der Waals surface area contributed by atoms with Gasteiger partial charge < -0.3 is 10.2 Å². The van der Waals surface area contributed by atoms with Crippen LogP contribution in [0.3, 0.4) is 0 Å². The van der Waals surface area contributed by atoms with Gasteiger partial charge in [0.15, 0.2) is 0 Å². The number of hydrogen-bond acceptors (Lipinski definition) is 2. The molecular weight excluding hydrogens is 371 g/mol. The van der Waals surface area contributed by atoms with E-state index in [-0.39, 0.29) is 6.04 Å². The van der Waals surface area contributed by atoms with Gasteiger partial charge in [-0.15, -0.1) is 0 Å². The van der Waals surface area contributed by atoms with Gasteiger partial charge in [0.1, 0.15) is 0 Å². The smallest absolute Gasteiger partial charge is 0.0835 e. The highest BCUT2D eigenvalue weighted by atomic mass is 79.9. The summed E-state index contributed by atoms with van der Waals surface area (Å²) in [6.45, 7) is 2.09. The highest BCUT2D eigenvalue weighted by Crippen LogP contribution is 2.37. The SMILES string of the molecule is CC(Nc1ccc(Br)c(Cl)c1Cl)c1ccc(N(C)C)cc1. The molecule has 2 nitrogen and oxygen atoms in total. The van der Waals surface area contributed by atoms with E-state index >= 15 is 0 Å². The Bertz CT molecular complexity index is 627. The third-order valence-corrected chi connectivity index (χ3v) is 5.09. The minimum Gasteiger partial charge on any atom is -0.378 e. The molecule has 0 aliphatic carbocycles. The van der Waals surface area contributed by atoms with Gasteiger partial charge in [-0.05, 0) is 52.7 Å². The molecule has 0 radical (unpaired) electrons. The zero-order valence-corrected chi connectivity index (χ0v) is 15.2. The van der Waals surface area contributed by atoms with Gasteiger partial charge in [0.05, 0.1) is 15.7 Å². The van der Waals surface area contributed by atoms with E-state index in [0.29, 0.717) is 10.0 Å². The van der Waals surface area contributed by atoms with Crippen LogP contribution in [0, 0.1) is 0 Å². The summed E-state index contributed by atoms with van der Waals surface area (Å²) in [6, 6.07) is 12.4. The number of nitrogens with zero attached hydrogens (tertiary/aromatic N) is 1.